The summed E-state index contributed by atoms with van der Waals surface area (Å²) in [7, 11) is 0. The Morgan fingerprint density at radius 2 is 1.94 bits per heavy atom. The Morgan fingerprint density at radius 1 is 1.19 bits per heavy atom. The molecule has 1 aliphatic heterocycles. The SMILES string of the molecule is CC(C)N1CCSC(c2ccccc2)CC1. The first-order valence-electron chi connectivity index (χ1n) is 6.18. The highest BCUT2D eigenvalue weighted by molar-refractivity contribution is 7.99. The van der Waals surface area contributed by atoms with E-state index in [2.05, 4.69) is 60.8 Å². The van der Waals surface area contributed by atoms with Crippen LogP contribution in [0.15, 0.2) is 30.3 Å². The molecule has 1 fully saturated rings. The molecule has 1 aromatic rings. The topological polar surface area (TPSA) is 3.24 Å². The molecule has 1 nitrogen and oxygen atoms in total. The van der Waals surface area contributed by atoms with Gasteiger partial charge in [0, 0.05) is 23.6 Å². The summed E-state index contributed by atoms with van der Waals surface area (Å²) in [6.45, 7) is 7.08. The molecule has 0 aromatic heterocycles. The molecule has 0 radical (unpaired) electrons. The van der Waals surface area contributed by atoms with E-state index in [-0.39, 0.29) is 0 Å². The fourth-order valence-electron chi connectivity index (χ4n) is 2.24. The van der Waals surface area contributed by atoms with Gasteiger partial charge in [0.2, 0.25) is 0 Å². The van der Waals surface area contributed by atoms with Gasteiger partial charge in [0.25, 0.3) is 0 Å². The van der Waals surface area contributed by atoms with Crippen LogP contribution in [0.2, 0.25) is 0 Å². The lowest BCUT2D eigenvalue weighted by Gasteiger charge is -2.23. The second kappa shape index (κ2) is 5.74. The zero-order valence-corrected chi connectivity index (χ0v) is 11.0. The van der Waals surface area contributed by atoms with Gasteiger partial charge in [-0.25, -0.2) is 0 Å². The highest BCUT2D eigenvalue weighted by atomic mass is 32.2. The Kier molecular flexibility index (Phi) is 4.30. The Bertz CT molecular complexity index is 310. The molecule has 1 saturated heterocycles. The maximum absolute atomic E-state index is 2.59. The summed E-state index contributed by atoms with van der Waals surface area (Å²) in [5, 5.41) is 0.699. The molecular formula is C14H21NS. The number of benzene rings is 1. The van der Waals surface area contributed by atoms with Crippen molar-refractivity contribution < 1.29 is 0 Å². The third-order valence-corrected chi connectivity index (χ3v) is 4.61. The molecule has 16 heavy (non-hydrogen) atoms. The lowest BCUT2D eigenvalue weighted by Crippen LogP contribution is -2.32. The van der Waals surface area contributed by atoms with Crippen molar-refractivity contribution in [3.8, 4) is 0 Å². The van der Waals surface area contributed by atoms with E-state index in [1.165, 1.54) is 30.8 Å². The van der Waals surface area contributed by atoms with Crippen LogP contribution in [0, 0.1) is 0 Å². The van der Waals surface area contributed by atoms with E-state index in [0.717, 1.165) is 0 Å². The third kappa shape index (κ3) is 3.02. The summed E-state index contributed by atoms with van der Waals surface area (Å²) in [5.74, 6) is 1.26. The summed E-state index contributed by atoms with van der Waals surface area (Å²) in [6.07, 6.45) is 1.28. The molecule has 0 N–H and O–H groups in total. The lowest BCUT2D eigenvalue weighted by molar-refractivity contribution is 0.236. The number of rotatable bonds is 2. The number of nitrogens with zero attached hydrogens (tertiary/aromatic N) is 1. The molecule has 2 rings (SSSR count). The summed E-state index contributed by atoms with van der Waals surface area (Å²) in [6, 6.07) is 11.6. The molecule has 1 aliphatic rings. The van der Waals surface area contributed by atoms with Crippen LogP contribution >= 0.6 is 11.8 Å². The zero-order valence-electron chi connectivity index (χ0n) is 10.2. The number of hydrogen-bond acceptors (Lipinski definition) is 2. The van der Waals surface area contributed by atoms with E-state index < -0.39 is 0 Å². The quantitative estimate of drug-likeness (QED) is 0.771. The molecule has 1 atom stereocenters. The van der Waals surface area contributed by atoms with E-state index in [1.54, 1.807) is 0 Å². The maximum Gasteiger partial charge on any atom is 0.0309 e. The first kappa shape index (κ1) is 12.0. The van der Waals surface area contributed by atoms with Crippen molar-refractivity contribution in [1.29, 1.82) is 0 Å². The van der Waals surface area contributed by atoms with Gasteiger partial charge in [-0.2, -0.15) is 11.8 Å². The van der Waals surface area contributed by atoms with Crippen molar-refractivity contribution in [3.63, 3.8) is 0 Å². The first-order valence-corrected chi connectivity index (χ1v) is 7.23. The molecule has 2 heteroatoms. The van der Waals surface area contributed by atoms with Crippen molar-refractivity contribution in [3.05, 3.63) is 35.9 Å². The first-order chi connectivity index (χ1) is 7.77. The third-order valence-electron chi connectivity index (χ3n) is 3.28. The van der Waals surface area contributed by atoms with Crippen LogP contribution in [0.3, 0.4) is 0 Å². The van der Waals surface area contributed by atoms with E-state index in [0.29, 0.717) is 11.3 Å². The predicted octanol–water partition coefficient (Wildman–Crippen LogP) is 3.58. The van der Waals surface area contributed by atoms with Crippen LogP contribution in [-0.2, 0) is 0 Å². The van der Waals surface area contributed by atoms with Crippen molar-refractivity contribution in [2.24, 2.45) is 0 Å². The summed E-state index contributed by atoms with van der Waals surface area (Å²) >= 11 is 2.12. The minimum atomic E-state index is 0.690. The minimum Gasteiger partial charge on any atom is -0.300 e. The van der Waals surface area contributed by atoms with Gasteiger partial charge in [-0.15, -0.1) is 0 Å². The fraction of sp³-hybridized carbons (Fsp3) is 0.571. The van der Waals surface area contributed by atoms with Crippen molar-refractivity contribution in [1.82, 2.24) is 4.90 Å². The number of hydrogen-bond donors (Lipinski definition) is 0. The lowest BCUT2D eigenvalue weighted by atomic mass is 10.1. The van der Waals surface area contributed by atoms with Crippen LogP contribution in [-0.4, -0.2) is 29.8 Å². The van der Waals surface area contributed by atoms with Crippen molar-refractivity contribution in [2.75, 3.05) is 18.8 Å². The van der Waals surface area contributed by atoms with E-state index in [4.69, 9.17) is 0 Å². The summed E-state index contributed by atoms with van der Waals surface area (Å²) in [4.78, 5) is 2.59. The Labute approximate surface area is 103 Å². The zero-order chi connectivity index (χ0) is 11.4. The Hall–Kier alpha value is -0.470. The van der Waals surface area contributed by atoms with Crippen molar-refractivity contribution in [2.45, 2.75) is 31.6 Å². The smallest absolute Gasteiger partial charge is 0.0309 e. The maximum atomic E-state index is 2.59. The molecule has 0 aliphatic carbocycles. The molecule has 0 amide bonds. The van der Waals surface area contributed by atoms with Gasteiger partial charge in [0.05, 0.1) is 0 Å². The largest absolute Gasteiger partial charge is 0.300 e. The van der Waals surface area contributed by atoms with Gasteiger partial charge in [0.1, 0.15) is 0 Å². The van der Waals surface area contributed by atoms with Gasteiger partial charge in [-0.3, -0.25) is 0 Å². The van der Waals surface area contributed by atoms with Crippen molar-refractivity contribution >= 4 is 11.8 Å². The normalized spacial score (nSPS) is 23.3. The monoisotopic (exact) mass is 235 g/mol. The van der Waals surface area contributed by atoms with Crippen LogP contribution in [0.25, 0.3) is 0 Å². The minimum absolute atomic E-state index is 0.690. The van der Waals surface area contributed by atoms with Gasteiger partial charge in [0.15, 0.2) is 0 Å². The van der Waals surface area contributed by atoms with Crippen LogP contribution in [0.4, 0.5) is 0 Å². The van der Waals surface area contributed by atoms with Gasteiger partial charge >= 0.3 is 0 Å². The van der Waals surface area contributed by atoms with E-state index in [1.807, 2.05) is 0 Å². The highest BCUT2D eigenvalue weighted by Crippen LogP contribution is 2.34. The molecule has 1 heterocycles. The fourth-order valence-corrected chi connectivity index (χ4v) is 3.48. The Balaban J connectivity index is 1.99. The average molecular weight is 235 g/mol. The molecule has 0 saturated carbocycles. The molecule has 0 bridgehead atoms. The van der Waals surface area contributed by atoms with Gasteiger partial charge in [-0.05, 0) is 32.4 Å². The molecule has 1 unspecified atom stereocenters. The summed E-state index contributed by atoms with van der Waals surface area (Å²) < 4.78 is 0. The predicted molar refractivity (Wildman–Crippen MR) is 73.0 cm³/mol. The second-order valence-corrected chi connectivity index (χ2v) is 6.00. The molecule has 1 aromatic carbocycles. The van der Waals surface area contributed by atoms with Gasteiger partial charge < -0.3 is 4.90 Å². The van der Waals surface area contributed by atoms with E-state index in [9.17, 15) is 0 Å². The second-order valence-electron chi connectivity index (χ2n) is 4.69. The van der Waals surface area contributed by atoms with Crippen LogP contribution in [0.1, 0.15) is 31.1 Å². The standard InChI is InChI=1S/C14H21NS/c1-12(2)15-9-8-14(16-11-10-15)13-6-4-3-5-7-13/h3-7,12,14H,8-11H2,1-2H3. The summed E-state index contributed by atoms with van der Waals surface area (Å²) in [5.41, 5.74) is 1.50. The average Bonchev–Trinajstić information content (AvgIpc) is 2.55. The van der Waals surface area contributed by atoms with Crippen LogP contribution < -0.4 is 0 Å². The number of thioether (sulfide) groups is 1. The highest BCUT2D eigenvalue weighted by Gasteiger charge is 2.19. The molecule has 0 spiro atoms. The van der Waals surface area contributed by atoms with E-state index >= 15 is 0 Å². The Morgan fingerprint density at radius 3 is 2.62 bits per heavy atom. The molecule has 88 valence electrons. The van der Waals surface area contributed by atoms with Crippen LogP contribution in [0.5, 0.6) is 0 Å². The van der Waals surface area contributed by atoms with Gasteiger partial charge in [-0.1, -0.05) is 30.3 Å². The molecular weight excluding hydrogens is 214 g/mol.